The van der Waals surface area contributed by atoms with E-state index in [9.17, 15) is 9.90 Å². The minimum absolute atomic E-state index is 0.0815. The molecule has 0 aromatic rings. The molecule has 2 N–H and O–H groups in total. The molecule has 1 rings (SSSR count). The molecule has 1 aliphatic rings. The van der Waals surface area contributed by atoms with E-state index < -0.39 is 30.6 Å². The summed E-state index contributed by atoms with van der Waals surface area (Å²) in [6.07, 6.45) is 28.9. The van der Waals surface area contributed by atoms with Crippen molar-refractivity contribution in [1.29, 1.82) is 0 Å². The number of nitrogens with one attached hydrogen (secondary N) is 1. The largest absolute Gasteiger partial charge is 0.471 e. The molecule has 0 aromatic carbocycles. The van der Waals surface area contributed by atoms with Crippen molar-refractivity contribution in [2.75, 3.05) is 27.4 Å². The summed E-state index contributed by atoms with van der Waals surface area (Å²) < 4.78 is 29.3. The standard InChI is InChI=1S/C39H73NO7/c1-6-9-11-13-14-15-16-17-18-19-20-21-22-24-26-28-35(41)40-36-38(37(42)34(32-43-4)47-39(36)46-30-8-3)45-31-29-33(44-5)27-25-23-12-10-7-2/h8,15-16,30,33-34,36-39,42H,6-7,9-14,17-29,31-32H2,1-5H3,(H,40,41)/t33-,34?,36?,37?,38?,39?/m1/s1. The molecule has 276 valence electrons. The number of aliphatic hydroxyl groups excluding tert-OH is 1. The van der Waals surface area contributed by atoms with Crippen molar-refractivity contribution in [1.82, 2.24) is 5.32 Å². The summed E-state index contributed by atoms with van der Waals surface area (Å²) in [6, 6.07) is -0.665. The number of allylic oxidation sites excluding steroid dienone is 3. The summed E-state index contributed by atoms with van der Waals surface area (Å²) >= 11 is 0. The first-order valence-electron chi connectivity index (χ1n) is 19.2. The Morgan fingerprint density at radius 2 is 1.43 bits per heavy atom. The summed E-state index contributed by atoms with van der Waals surface area (Å²) in [6.45, 7) is 6.91. The van der Waals surface area contributed by atoms with Gasteiger partial charge in [0.15, 0.2) is 0 Å². The molecule has 47 heavy (non-hydrogen) atoms. The minimum Gasteiger partial charge on any atom is -0.471 e. The third-order valence-corrected chi connectivity index (χ3v) is 9.06. The molecule has 8 nitrogen and oxygen atoms in total. The highest BCUT2D eigenvalue weighted by Gasteiger charge is 2.47. The van der Waals surface area contributed by atoms with Gasteiger partial charge in [-0.05, 0) is 51.9 Å². The predicted molar refractivity (Wildman–Crippen MR) is 192 cm³/mol. The van der Waals surface area contributed by atoms with E-state index in [1.165, 1.54) is 89.9 Å². The fourth-order valence-electron chi connectivity index (χ4n) is 6.15. The van der Waals surface area contributed by atoms with E-state index in [4.69, 9.17) is 23.7 Å². The number of methoxy groups -OCH3 is 2. The van der Waals surface area contributed by atoms with Gasteiger partial charge in [-0.1, -0.05) is 116 Å². The van der Waals surface area contributed by atoms with Crippen molar-refractivity contribution in [2.45, 2.75) is 192 Å². The molecule has 0 saturated carbocycles. The molecule has 0 radical (unpaired) electrons. The molecule has 0 bridgehead atoms. The highest BCUT2D eigenvalue weighted by molar-refractivity contribution is 5.76. The third-order valence-electron chi connectivity index (χ3n) is 9.06. The first kappa shape index (κ1) is 43.6. The van der Waals surface area contributed by atoms with E-state index in [1.54, 1.807) is 26.6 Å². The van der Waals surface area contributed by atoms with Gasteiger partial charge >= 0.3 is 0 Å². The lowest BCUT2D eigenvalue weighted by molar-refractivity contribution is -0.265. The van der Waals surface area contributed by atoms with E-state index >= 15 is 0 Å². The number of rotatable bonds is 31. The molecule has 1 fully saturated rings. The third kappa shape index (κ3) is 21.3. The van der Waals surface area contributed by atoms with Crippen LogP contribution in [0.1, 0.15) is 156 Å². The quantitative estimate of drug-likeness (QED) is 0.0433. The van der Waals surface area contributed by atoms with Gasteiger partial charge in [-0.3, -0.25) is 4.79 Å². The fraction of sp³-hybridized carbons (Fsp3) is 0.872. The molecule has 1 saturated heterocycles. The summed E-state index contributed by atoms with van der Waals surface area (Å²) in [4.78, 5) is 13.1. The van der Waals surface area contributed by atoms with Crippen molar-refractivity contribution in [3.63, 3.8) is 0 Å². The van der Waals surface area contributed by atoms with Crippen molar-refractivity contribution in [3.8, 4) is 0 Å². The van der Waals surface area contributed by atoms with Gasteiger partial charge in [-0.25, -0.2) is 0 Å². The zero-order valence-corrected chi connectivity index (χ0v) is 30.9. The SMILES string of the molecule is CC=COC1OC(COC)C(O)C(OCC[C@@H](CCCCCCC)OC)C1NC(=O)CCCCCCCCCC=CCCCCCC. The van der Waals surface area contributed by atoms with Crippen LogP contribution in [0, 0.1) is 0 Å². The van der Waals surface area contributed by atoms with Gasteiger partial charge < -0.3 is 34.1 Å². The van der Waals surface area contributed by atoms with Crippen molar-refractivity contribution >= 4 is 5.91 Å². The van der Waals surface area contributed by atoms with Crippen LogP contribution in [0.15, 0.2) is 24.5 Å². The highest BCUT2D eigenvalue weighted by atomic mass is 16.7. The molecule has 8 heteroatoms. The Labute approximate surface area is 288 Å². The molecular weight excluding hydrogens is 594 g/mol. The fourth-order valence-corrected chi connectivity index (χ4v) is 6.15. The molecule has 1 aliphatic heterocycles. The number of hydrogen-bond acceptors (Lipinski definition) is 7. The van der Waals surface area contributed by atoms with Crippen LogP contribution in [0.4, 0.5) is 0 Å². The molecule has 0 aromatic heterocycles. The molecule has 0 aliphatic carbocycles. The van der Waals surface area contributed by atoms with Crippen molar-refractivity contribution in [2.24, 2.45) is 0 Å². The Kier molecular flexibility index (Phi) is 28.4. The van der Waals surface area contributed by atoms with E-state index in [0.717, 1.165) is 32.1 Å². The highest BCUT2D eigenvalue weighted by Crippen LogP contribution is 2.26. The van der Waals surface area contributed by atoms with Gasteiger partial charge in [0, 0.05) is 27.2 Å². The number of hydrogen-bond donors (Lipinski definition) is 2. The van der Waals surface area contributed by atoms with Crippen LogP contribution in [-0.2, 0) is 28.5 Å². The summed E-state index contributed by atoms with van der Waals surface area (Å²) in [7, 11) is 3.31. The van der Waals surface area contributed by atoms with Gasteiger partial charge in [-0.2, -0.15) is 0 Å². The lowest BCUT2D eigenvalue weighted by atomic mass is 9.96. The number of unbranched alkanes of at least 4 members (excludes halogenated alkanes) is 15. The van der Waals surface area contributed by atoms with E-state index in [1.807, 2.05) is 6.92 Å². The number of carbonyl (C=O) groups is 1. The molecule has 6 atom stereocenters. The summed E-state index contributed by atoms with van der Waals surface area (Å²) in [5.74, 6) is -0.0815. The Morgan fingerprint density at radius 3 is 2.04 bits per heavy atom. The van der Waals surface area contributed by atoms with Gasteiger partial charge in [0.2, 0.25) is 12.2 Å². The zero-order chi connectivity index (χ0) is 34.4. The Hall–Kier alpha value is -1.45. The first-order chi connectivity index (χ1) is 23.0. The van der Waals surface area contributed by atoms with Crippen LogP contribution in [0.5, 0.6) is 0 Å². The van der Waals surface area contributed by atoms with Gasteiger partial charge in [0.05, 0.1) is 19.0 Å². The van der Waals surface area contributed by atoms with E-state index in [2.05, 4.69) is 31.3 Å². The average molecular weight is 668 g/mol. The van der Waals surface area contributed by atoms with Crippen LogP contribution in [0.2, 0.25) is 0 Å². The van der Waals surface area contributed by atoms with Crippen LogP contribution in [0.3, 0.4) is 0 Å². The predicted octanol–water partition coefficient (Wildman–Crippen LogP) is 8.94. The van der Waals surface area contributed by atoms with Gasteiger partial charge in [-0.15, -0.1) is 0 Å². The molecular formula is C39H73NO7. The molecule has 5 unspecified atom stereocenters. The molecule has 0 spiro atoms. The van der Waals surface area contributed by atoms with Crippen LogP contribution in [0.25, 0.3) is 0 Å². The zero-order valence-electron chi connectivity index (χ0n) is 30.9. The number of amides is 1. The second kappa shape index (κ2) is 30.6. The Balaban J connectivity index is 2.53. The lowest BCUT2D eigenvalue weighted by Gasteiger charge is -2.44. The van der Waals surface area contributed by atoms with E-state index in [-0.39, 0.29) is 18.6 Å². The molecule has 1 heterocycles. The monoisotopic (exact) mass is 668 g/mol. The van der Waals surface area contributed by atoms with Gasteiger partial charge in [0.25, 0.3) is 0 Å². The van der Waals surface area contributed by atoms with Gasteiger partial charge in [0.1, 0.15) is 24.4 Å². The summed E-state index contributed by atoms with van der Waals surface area (Å²) in [5, 5.41) is 14.3. The van der Waals surface area contributed by atoms with Crippen molar-refractivity contribution in [3.05, 3.63) is 24.5 Å². The lowest BCUT2D eigenvalue weighted by Crippen LogP contribution is -2.65. The number of ether oxygens (including phenoxy) is 5. The maximum atomic E-state index is 13.1. The normalized spacial score (nSPS) is 22.3. The Bertz CT molecular complexity index is 776. The average Bonchev–Trinajstić information content (AvgIpc) is 3.07. The maximum Gasteiger partial charge on any atom is 0.222 e. The minimum atomic E-state index is -0.984. The van der Waals surface area contributed by atoms with Crippen LogP contribution in [-0.4, -0.2) is 75.2 Å². The van der Waals surface area contributed by atoms with E-state index in [0.29, 0.717) is 19.4 Å². The smallest absolute Gasteiger partial charge is 0.222 e. The topological polar surface area (TPSA) is 95.5 Å². The molecule has 1 amide bonds. The van der Waals surface area contributed by atoms with Crippen LogP contribution < -0.4 is 5.32 Å². The van der Waals surface area contributed by atoms with Crippen LogP contribution >= 0.6 is 0 Å². The maximum absolute atomic E-state index is 13.1. The summed E-state index contributed by atoms with van der Waals surface area (Å²) in [5.41, 5.74) is 0. The number of carbonyl (C=O) groups excluding carboxylic acids is 1. The number of aliphatic hydroxyl groups is 1. The van der Waals surface area contributed by atoms with Crippen molar-refractivity contribution < 1.29 is 33.6 Å². The second-order valence-electron chi connectivity index (χ2n) is 13.2. The Morgan fingerprint density at radius 1 is 0.830 bits per heavy atom. The first-order valence-corrected chi connectivity index (χ1v) is 19.2. The second-order valence-corrected chi connectivity index (χ2v) is 13.2.